The number of fused-ring (bicyclic) bond motifs is 1. The van der Waals surface area contributed by atoms with Gasteiger partial charge < -0.3 is 14.6 Å². The molecule has 0 bridgehead atoms. The molecule has 0 unspecified atom stereocenters. The lowest BCUT2D eigenvalue weighted by molar-refractivity contribution is -0.130. The minimum absolute atomic E-state index is 0.117. The number of oxazole rings is 1. The smallest absolute Gasteiger partial charge is 0.408 e. The van der Waals surface area contributed by atoms with Gasteiger partial charge in [-0.05, 0) is 30.7 Å². The summed E-state index contributed by atoms with van der Waals surface area (Å²) in [5, 5.41) is 3.28. The molecule has 1 aliphatic rings. The molecule has 0 radical (unpaired) electrons. The number of benzene rings is 1. The van der Waals surface area contributed by atoms with Crippen molar-refractivity contribution in [3.8, 4) is 0 Å². The van der Waals surface area contributed by atoms with Crippen molar-refractivity contribution in [2.75, 3.05) is 26.2 Å². The molecule has 0 aliphatic carbocycles. The fourth-order valence-electron chi connectivity index (χ4n) is 2.48. The Balaban J connectivity index is 1.74. The number of aromatic amines is 1. The lowest BCUT2D eigenvalue weighted by Gasteiger charge is -2.19. The first-order valence-corrected chi connectivity index (χ1v) is 6.82. The second-order valence-corrected chi connectivity index (χ2v) is 5.01. The van der Waals surface area contributed by atoms with Crippen LogP contribution in [0.15, 0.2) is 27.4 Å². The molecule has 1 aliphatic heterocycles. The van der Waals surface area contributed by atoms with Crippen molar-refractivity contribution in [3.63, 3.8) is 0 Å². The molecule has 6 nitrogen and oxygen atoms in total. The highest BCUT2D eigenvalue weighted by Crippen LogP contribution is 2.13. The first kappa shape index (κ1) is 12.9. The summed E-state index contributed by atoms with van der Waals surface area (Å²) in [5.41, 5.74) is 2.02. The van der Waals surface area contributed by atoms with Crippen molar-refractivity contribution < 1.29 is 9.21 Å². The van der Waals surface area contributed by atoms with E-state index >= 15 is 0 Å². The van der Waals surface area contributed by atoms with Gasteiger partial charge in [-0.15, -0.1) is 0 Å². The SMILES string of the molecule is O=C(Cc1ccc2[nH]c(=O)oc2c1)N1CCCNCC1. The third-order valence-corrected chi connectivity index (χ3v) is 3.53. The minimum Gasteiger partial charge on any atom is -0.408 e. The van der Waals surface area contributed by atoms with Crippen LogP contribution in [0, 0.1) is 0 Å². The molecule has 2 aromatic rings. The van der Waals surface area contributed by atoms with Crippen LogP contribution >= 0.6 is 0 Å². The third-order valence-electron chi connectivity index (χ3n) is 3.53. The van der Waals surface area contributed by atoms with E-state index in [9.17, 15) is 9.59 Å². The van der Waals surface area contributed by atoms with E-state index in [-0.39, 0.29) is 5.91 Å². The largest absolute Gasteiger partial charge is 0.417 e. The molecule has 1 amide bonds. The van der Waals surface area contributed by atoms with Gasteiger partial charge in [0.25, 0.3) is 0 Å². The number of rotatable bonds is 2. The Morgan fingerprint density at radius 3 is 3.10 bits per heavy atom. The summed E-state index contributed by atoms with van der Waals surface area (Å²) >= 11 is 0. The summed E-state index contributed by atoms with van der Waals surface area (Å²) in [5.74, 6) is -0.354. The highest BCUT2D eigenvalue weighted by atomic mass is 16.4. The maximum Gasteiger partial charge on any atom is 0.417 e. The molecule has 106 valence electrons. The van der Waals surface area contributed by atoms with Gasteiger partial charge in [-0.1, -0.05) is 6.07 Å². The van der Waals surface area contributed by atoms with E-state index in [1.807, 2.05) is 11.0 Å². The van der Waals surface area contributed by atoms with Crippen LogP contribution in [0.3, 0.4) is 0 Å². The Morgan fingerprint density at radius 1 is 1.30 bits per heavy atom. The zero-order valence-corrected chi connectivity index (χ0v) is 11.1. The molecule has 2 heterocycles. The van der Waals surface area contributed by atoms with Gasteiger partial charge in [0, 0.05) is 19.6 Å². The summed E-state index contributed by atoms with van der Waals surface area (Å²) in [4.78, 5) is 27.8. The monoisotopic (exact) mass is 275 g/mol. The lowest BCUT2D eigenvalue weighted by Crippen LogP contribution is -2.35. The van der Waals surface area contributed by atoms with Crippen LogP contribution in [0.4, 0.5) is 0 Å². The van der Waals surface area contributed by atoms with Gasteiger partial charge in [0.2, 0.25) is 5.91 Å². The van der Waals surface area contributed by atoms with Crippen molar-refractivity contribution in [3.05, 3.63) is 34.3 Å². The Morgan fingerprint density at radius 2 is 2.20 bits per heavy atom. The van der Waals surface area contributed by atoms with Crippen LogP contribution < -0.4 is 11.1 Å². The standard InChI is InChI=1S/C14H17N3O3/c18-13(17-6-1-4-15-5-7-17)9-10-2-3-11-12(8-10)20-14(19)16-11/h2-3,8,15H,1,4-7,9H2,(H,16,19). The van der Waals surface area contributed by atoms with E-state index in [1.165, 1.54) is 0 Å². The van der Waals surface area contributed by atoms with Gasteiger partial charge in [-0.25, -0.2) is 4.79 Å². The fraction of sp³-hybridized carbons (Fsp3) is 0.429. The number of carbonyl (C=O) groups is 1. The molecule has 0 atom stereocenters. The summed E-state index contributed by atoms with van der Waals surface area (Å²) in [7, 11) is 0. The second-order valence-electron chi connectivity index (χ2n) is 5.01. The molecule has 1 fully saturated rings. The highest BCUT2D eigenvalue weighted by molar-refractivity contribution is 5.81. The van der Waals surface area contributed by atoms with E-state index in [4.69, 9.17) is 4.42 Å². The maximum absolute atomic E-state index is 12.3. The van der Waals surface area contributed by atoms with E-state index < -0.39 is 5.76 Å². The van der Waals surface area contributed by atoms with E-state index in [0.29, 0.717) is 17.5 Å². The second kappa shape index (κ2) is 5.50. The first-order valence-electron chi connectivity index (χ1n) is 6.82. The number of hydrogen-bond donors (Lipinski definition) is 2. The van der Waals surface area contributed by atoms with Gasteiger partial charge in [0.15, 0.2) is 5.58 Å². The minimum atomic E-state index is -0.470. The van der Waals surface area contributed by atoms with Crippen molar-refractivity contribution in [2.24, 2.45) is 0 Å². The molecule has 2 N–H and O–H groups in total. The van der Waals surface area contributed by atoms with Crippen LogP contribution in [0.5, 0.6) is 0 Å². The Bertz CT molecular complexity index is 666. The fourth-order valence-corrected chi connectivity index (χ4v) is 2.48. The quantitative estimate of drug-likeness (QED) is 0.836. The molecular weight excluding hydrogens is 258 g/mol. The Hall–Kier alpha value is -2.08. The van der Waals surface area contributed by atoms with E-state index in [1.54, 1.807) is 12.1 Å². The van der Waals surface area contributed by atoms with E-state index in [0.717, 1.165) is 38.2 Å². The first-order chi connectivity index (χ1) is 9.72. The number of H-pyrrole nitrogens is 1. The topological polar surface area (TPSA) is 78.3 Å². The normalized spacial score (nSPS) is 16.3. The summed E-state index contributed by atoms with van der Waals surface area (Å²) in [6.07, 6.45) is 1.32. The maximum atomic E-state index is 12.3. The number of nitrogens with zero attached hydrogens (tertiary/aromatic N) is 1. The van der Waals surface area contributed by atoms with Crippen LogP contribution in [-0.2, 0) is 11.2 Å². The lowest BCUT2D eigenvalue weighted by atomic mass is 10.1. The van der Waals surface area contributed by atoms with Gasteiger partial charge in [0.1, 0.15) is 0 Å². The predicted molar refractivity (Wildman–Crippen MR) is 74.6 cm³/mol. The average Bonchev–Trinajstić information content (AvgIpc) is 2.64. The van der Waals surface area contributed by atoms with E-state index in [2.05, 4.69) is 10.3 Å². The molecule has 3 rings (SSSR count). The van der Waals surface area contributed by atoms with Crippen LogP contribution in [0.1, 0.15) is 12.0 Å². The van der Waals surface area contributed by atoms with Crippen LogP contribution in [0.2, 0.25) is 0 Å². The Kier molecular flexibility index (Phi) is 3.56. The summed E-state index contributed by atoms with van der Waals surface area (Å²) < 4.78 is 5.01. The van der Waals surface area contributed by atoms with Gasteiger partial charge in [-0.2, -0.15) is 0 Å². The Labute approximate surface area is 115 Å². The average molecular weight is 275 g/mol. The number of hydrogen-bond acceptors (Lipinski definition) is 4. The number of aromatic nitrogens is 1. The molecule has 0 spiro atoms. The van der Waals surface area contributed by atoms with Crippen molar-refractivity contribution >= 4 is 17.0 Å². The zero-order chi connectivity index (χ0) is 13.9. The van der Waals surface area contributed by atoms with Crippen molar-refractivity contribution in [1.82, 2.24) is 15.2 Å². The van der Waals surface area contributed by atoms with Gasteiger partial charge in [-0.3, -0.25) is 9.78 Å². The molecule has 6 heteroatoms. The summed E-state index contributed by atoms with van der Waals surface area (Å²) in [6.45, 7) is 3.36. The predicted octanol–water partition coefficient (Wildman–Crippen LogP) is 0.485. The van der Waals surface area contributed by atoms with Crippen molar-refractivity contribution in [2.45, 2.75) is 12.8 Å². The van der Waals surface area contributed by atoms with Crippen LogP contribution in [-0.4, -0.2) is 42.0 Å². The number of nitrogens with one attached hydrogen (secondary N) is 2. The molecular formula is C14H17N3O3. The number of carbonyl (C=O) groups excluding carboxylic acids is 1. The van der Waals surface area contributed by atoms with Crippen molar-refractivity contribution in [1.29, 1.82) is 0 Å². The zero-order valence-electron chi connectivity index (χ0n) is 11.1. The molecule has 1 saturated heterocycles. The molecule has 1 aromatic heterocycles. The number of amides is 1. The van der Waals surface area contributed by atoms with Crippen LogP contribution in [0.25, 0.3) is 11.1 Å². The molecule has 20 heavy (non-hydrogen) atoms. The van der Waals surface area contributed by atoms with Gasteiger partial charge >= 0.3 is 5.76 Å². The van der Waals surface area contributed by atoms with Gasteiger partial charge in [0.05, 0.1) is 11.9 Å². The molecule has 0 saturated carbocycles. The highest BCUT2D eigenvalue weighted by Gasteiger charge is 2.16. The third kappa shape index (κ3) is 2.75. The molecule has 1 aromatic carbocycles. The summed E-state index contributed by atoms with van der Waals surface area (Å²) in [6, 6.07) is 5.37.